The second-order valence-electron chi connectivity index (χ2n) is 6.17. The summed E-state index contributed by atoms with van der Waals surface area (Å²) in [6, 6.07) is 5.09. The molecule has 2 N–H and O–H groups in total. The van der Waals surface area contributed by atoms with Crippen molar-refractivity contribution in [2.75, 3.05) is 0 Å². The lowest BCUT2D eigenvalue weighted by molar-refractivity contribution is 0.232. The minimum atomic E-state index is -0.200. The molecule has 1 nitrogen and oxygen atoms in total. The third kappa shape index (κ3) is 4.29. The molecule has 0 spiro atoms. The highest BCUT2D eigenvalue weighted by atomic mass is 79.9. The van der Waals surface area contributed by atoms with Gasteiger partial charge < -0.3 is 5.73 Å². The third-order valence-corrected chi connectivity index (χ3v) is 5.40. The normalized spacial score (nSPS) is 24.6. The van der Waals surface area contributed by atoms with E-state index in [-0.39, 0.29) is 11.9 Å². The Bertz CT molecular complexity index is 427. The zero-order valence-electron chi connectivity index (χ0n) is 12.2. The van der Waals surface area contributed by atoms with Crippen molar-refractivity contribution in [3.8, 4) is 0 Å². The van der Waals surface area contributed by atoms with Crippen LogP contribution >= 0.6 is 15.9 Å². The van der Waals surface area contributed by atoms with Gasteiger partial charge in [-0.1, -0.05) is 54.6 Å². The fourth-order valence-corrected chi connectivity index (χ4v) is 3.93. The summed E-state index contributed by atoms with van der Waals surface area (Å²) >= 11 is 3.43. The molecule has 0 heterocycles. The fraction of sp³-hybridized carbons (Fsp3) is 0.647. The van der Waals surface area contributed by atoms with Crippen molar-refractivity contribution >= 4 is 15.9 Å². The number of benzene rings is 1. The lowest BCUT2D eigenvalue weighted by atomic mass is 9.76. The maximum absolute atomic E-state index is 13.1. The quantitative estimate of drug-likeness (QED) is 0.795. The van der Waals surface area contributed by atoms with Crippen LogP contribution in [0.5, 0.6) is 0 Å². The molecule has 0 aliphatic heterocycles. The molecule has 1 aromatic carbocycles. The molecular weight excluding hydrogens is 317 g/mol. The SMILES string of the molecule is CCCC1CCC(C(N)Cc2ccc(F)cc2Br)CC1. The number of hydrogen-bond acceptors (Lipinski definition) is 1. The first-order valence-corrected chi connectivity index (χ1v) is 8.59. The van der Waals surface area contributed by atoms with Crippen LogP contribution in [-0.4, -0.2) is 6.04 Å². The molecule has 0 amide bonds. The van der Waals surface area contributed by atoms with Crippen molar-refractivity contribution in [2.45, 2.75) is 57.9 Å². The van der Waals surface area contributed by atoms with E-state index in [4.69, 9.17) is 5.73 Å². The molecular formula is C17H25BrFN. The lowest BCUT2D eigenvalue weighted by Crippen LogP contribution is -2.35. The fourth-order valence-electron chi connectivity index (χ4n) is 3.42. The smallest absolute Gasteiger partial charge is 0.124 e. The van der Waals surface area contributed by atoms with Crippen molar-refractivity contribution in [3.05, 3.63) is 34.1 Å². The van der Waals surface area contributed by atoms with Crippen LogP contribution < -0.4 is 5.73 Å². The van der Waals surface area contributed by atoms with E-state index in [9.17, 15) is 4.39 Å². The minimum absolute atomic E-state index is 0.194. The van der Waals surface area contributed by atoms with Gasteiger partial charge in [-0.3, -0.25) is 0 Å². The van der Waals surface area contributed by atoms with E-state index in [1.165, 1.54) is 50.7 Å². The second kappa shape index (κ2) is 7.56. The van der Waals surface area contributed by atoms with Crippen molar-refractivity contribution in [1.29, 1.82) is 0 Å². The maximum atomic E-state index is 13.1. The molecule has 1 aromatic rings. The Hall–Kier alpha value is -0.410. The number of nitrogens with two attached hydrogens (primary N) is 1. The molecule has 3 heteroatoms. The first kappa shape index (κ1) is 16.0. The van der Waals surface area contributed by atoms with Gasteiger partial charge in [0, 0.05) is 10.5 Å². The minimum Gasteiger partial charge on any atom is -0.327 e. The van der Waals surface area contributed by atoms with Gasteiger partial charge in [0.15, 0.2) is 0 Å². The Labute approximate surface area is 130 Å². The topological polar surface area (TPSA) is 26.0 Å². The Kier molecular flexibility index (Phi) is 6.03. The van der Waals surface area contributed by atoms with E-state index in [2.05, 4.69) is 22.9 Å². The summed E-state index contributed by atoms with van der Waals surface area (Å²) in [5, 5.41) is 0. The van der Waals surface area contributed by atoms with Crippen LogP contribution in [0.25, 0.3) is 0 Å². The Morgan fingerprint density at radius 1 is 1.30 bits per heavy atom. The first-order chi connectivity index (χ1) is 9.60. The third-order valence-electron chi connectivity index (χ3n) is 4.66. The van der Waals surface area contributed by atoms with Gasteiger partial charge in [0.05, 0.1) is 0 Å². The average molecular weight is 342 g/mol. The van der Waals surface area contributed by atoms with Gasteiger partial charge in [-0.2, -0.15) is 0 Å². The van der Waals surface area contributed by atoms with Gasteiger partial charge in [0.2, 0.25) is 0 Å². The van der Waals surface area contributed by atoms with Crippen LogP contribution in [0.3, 0.4) is 0 Å². The standard InChI is InChI=1S/C17H25BrFN/c1-2-3-12-4-6-13(7-5-12)17(20)10-14-8-9-15(19)11-16(14)18/h8-9,11-13,17H,2-7,10,20H2,1H3. The Balaban J connectivity index is 1.87. The molecule has 0 radical (unpaired) electrons. The van der Waals surface area contributed by atoms with Gasteiger partial charge in [-0.05, 0) is 48.8 Å². The lowest BCUT2D eigenvalue weighted by Gasteiger charge is -2.32. The molecule has 2 rings (SSSR count). The molecule has 0 bridgehead atoms. The summed E-state index contributed by atoms with van der Waals surface area (Å²) in [6.45, 7) is 2.27. The predicted octanol–water partition coefficient (Wildman–Crippen LogP) is 5.06. The van der Waals surface area contributed by atoms with Crippen LogP contribution in [0.1, 0.15) is 51.0 Å². The molecule has 1 unspecified atom stereocenters. The van der Waals surface area contributed by atoms with Crippen molar-refractivity contribution in [2.24, 2.45) is 17.6 Å². The highest BCUT2D eigenvalue weighted by Gasteiger charge is 2.25. The molecule has 0 saturated heterocycles. The summed E-state index contributed by atoms with van der Waals surface area (Å²) < 4.78 is 13.9. The van der Waals surface area contributed by atoms with Gasteiger partial charge in [-0.25, -0.2) is 4.39 Å². The summed E-state index contributed by atoms with van der Waals surface area (Å²) in [5.74, 6) is 1.34. The first-order valence-electron chi connectivity index (χ1n) is 7.79. The number of hydrogen-bond donors (Lipinski definition) is 1. The Morgan fingerprint density at radius 2 is 2.00 bits per heavy atom. The Morgan fingerprint density at radius 3 is 2.60 bits per heavy atom. The van der Waals surface area contributed by atoms with Crippen LogP contribution in [0.4, 0.5) is 4.39 Å². The van der Waals surface area contributed by atoms with Crippen LogP contribution in [0, 0.1) is 17.7 Å². The van der Waals surface area contributed by atoms with Crippen molar-refractivity contribution < 1.29 is 4.39 Å². The molecule has 1 aliphatic rings. The average Bonchev–Trinajstić information content (AvgIpc) is 2.43. The molecule has 20 heavy (non-hydrogen) atoms. The monoisotopic (exact) mass is 341 g/mol. The summed E-state index contributed by atoms with van der Waals surface area (Å²) in [4.78, 5) is 0. The number of rotatable bonds is 5. The van der Waals surface area contributed by atoms with Crippen molar-refractivity contribution in [3.63, 3.8) is 0 Å². The van der Waals surface area contributed by atoms with Crippen LogP contribution in [-0.2, 0) is 6.42 Å². The van der Waals surface area contributed by atoms with Gasteiger partial charge in [-0.15, -0.1) is 0 Å². The highest BCUT2D eigenvalue weighted by molar-refractivity contribution is 9.10. The largest absolute Gasteiger partial charge is 0.327 e. The van der Waals surface area contributed by atoms with Gasteiger partial charge in [0.25, 0.3) is 0 Å². The second-order valence-corrected chi connectivity index (χ2v) is 7.03. The molecule has 1 aliphatic carbocycles. The summed E-state index contributed by atoms with van der Waals surface area (Å²) in [7, 11) is 0. The molecule has 1 saturated carbocycles. The zero-order chi connectivity index (χ0) is 14.5. The van der Waals surface area contributed by atoms with E-state index in [1.807, 2.05) is 6.07 Å². The molecule has 0 aromatic heterocycles. The van der Waals surface area contributed by atoms with E-state index in [0.29, 0.717) is 5.92 Å². The molecule has 1 fully saturated rings. The highest BCUT2D eigenvalue weighted by Crippen LogP contribution is 2.34. The number of halogens is 2. The van der Waals surface area contributed by atoms with E-state index in [0.717, 1.165) is 22.4 Å². The molecule has 112 valence electrons. The zero-order valence-corrected chi connectivity index (χ0v) is 13.8. The van der Waals surface area contributed by atoms with Crippen molar-refractivity contribution in [1.82, 2.24) is 0 Å². The summed E-state index contributed by atoms with van der Waals surface area (Å²) in [5.41, 5.74) is 7.51. The van der Waals surface area contributed by atoms with E-state index in [1.54, 1.807) is 0 Å². The van der Waals surface area contributed by atoms with Crippen LogP contribution in [0.2, 0.25) is 0 Å². The van der Waals surface area contributed by atoms with Gasteiger partial charge >= 0.3 is 0 Å². The van der Waals surface area contributed by atoms with Gasteiger partial charge in [0.1, 0.15) is 5.82 Å². The van der Waals surface area contributed by atoms with E-state index >= 15 is 0 Å². The van der Waals surface area contributed by atoms with Crippen LogP contribution in [0.15, 0.2) is 22.7 Å². The summed E-state index contributed by atoms with van der Waals surface area (Å²) in [6.07, 6.45) is 8.67. The predicted molar refractivity (Wildman–Crippen MR) is 86.1 cm³/mol. The maximum Gasteiger partial charge on any atom is 0.124 e. The molecule has 1 atom stereocenters. The van der Waals surface area contributed by atoms with E-state index < -0.39 is 0 Å².